The van der Waals surface area contributed by atoms with Crippen molar-refractivity contribution in [3.8, 4) is 0 Å². The van der Waals surface area contributed by atoms with E-state index >= 15 is 0 Å². The largest absolute Gasteiger partial charge is 0.306 e. The average molecular weight is 365 g/mol. The first-order valence-corrected chi connectivity index (χ1v) is 8.43. The first-order chi connectivity index (χ1) is 12.7. The summed E-state index contributed by atoms with van der Waals surface area (Å²) in [6, 6.07) is 17.6. The quantitative estimate of drug-likeness (QED) is 0.502. The van der Waals surface area contributed by atoms with Gasteiger partial charge in [-0.2, -0.15) is 0 Å². The summed E-state index contributed by atoms with van der Waals surface area (Å²) >= 11 is 6.32. The van der Waals surface area contributed by atoms with Gasteiger partial charge in [0.25, 0.3) is 0 Å². The molecule has 0 aliphatic carbocycles. The van der Waals surface area contributed by atoms with E-state index in [0.717, 1.165) is 11.1 Å². The molecule has 0 saturated carbocycles. The summed E-state index contributed by atoms with van der Waals surface area (Å²) in [6.45, 7) is 0.412. The first-order valence-electron chi connectivity index (χ1n) is 8.05. The van der Waals surface area contributed by atoms with Crippen LogP contribution in [-0.4, -0.2) is 15.0 Å². The number of halogens is 2. The van der Waals surface area contributed by atoms with Gasteiger partial charge in [0.1, 0.15) is 11.3 Å². The second-order valence-corrected chi connectivity index (χ2v) is 6.14. The summed E-state index contributed by atoms with van der Waals surface area (Å²) in [5.41, 5.74) is 2.97. The standard InChI is InChI=1S/C20H14ClFN4/c21-17-8-2-1-5-14(17)13-26(16-7-3-6-15(22)11-16)20-24-12-19-18(25-20)9-4-10-23-19/h1-12H,13H2. The molecule has 0 fully saturated rings. The van der Waals surface area contributed by atoms with E-state index < -0.39 is 0 Å². The van der Waals surface area contributed by atoms with Crippen molar-refractivity contribution >= 4 is 34.3 Å². The fourth-order valence-corrected chi connectivity index (χ4v) is 2.90. The van der Waals surface area contributed by atoms with Crippen molar-refractivity contribution < 1.29 is 4.39 Å². The third kappa shape index (κ3) is 3.34. The molecule has 26 heavy (non-hydrogen) atoms. The molecule has 4 rings (SSSR count). The Morgan fingerprint density at radius 2 is 1.81 bits per heavy atom. The maximum atomic E-state index is 13.8. The molecule has 0 unspecified atom stereocenters. The first kappa shape index (κ1) is 16.4. The number of rotatable bonds is 4. The fraction of sp³-hybridized carbons (Fsp3) is 0.0500. The number of fused-ring (bicyclic) bond motifs is 1. The maximum Gasteiger partial charge on any atom is 0.230 e. The Morgan fingerprint density at radius 1 is 0.923 bits per heavy atom. The van der Waals surface area contributed by atoms with Crippen LogP contribution in [0, 0.1) is 5.82 Å². The van der Waals surface area contributed by atoms with Gasteiger partial charge < -0.3 is 4.90 Å². The summed E-state index contributed by atoms with van der Waals surface area (Å²) in [5, 5.41) is 0.636. The van der Waals surface area contributed by atoms with E-state index in [0.29, 0.717) is 28.7 Å². The van der Waals surface area contributed by atoms with Crippen molar-refractivity contribution in [2.24, 2.45) is 0 Å². The van der Waals surface area contributed by atoms with E-state index in [1.165, 1.54) is 12.1 Å². The normalized spacial score (nSPS) is 10.8. The Bertz CT molecular complexity index is 1070. The van der Waals surface area contributed by atoms with Crippen molar-refractivity contribution in [3.63, 3.8) is 0 Å². The van der Waals surface area contributed by atoms with E-state index in [-0.39, 0.29) is 5.82 Å². The molecule has 2 aromatic heterocycles. The molecule has 4 aromatic rings. The van der Waals surface area contributed by atoms with Gasteiger partial charge in [0.2, 0.25) is 5.95 Å². The van der Waals surface area contributed by atoms with Crippen LogP contribution >= 0.6 is 11.6 Å². The van der Waals surface area contributed by atoms with E-state index in [2.05, 4.69) is 15.0 Å². The molecule has 0 radical (unpaired) electrons. The average Bonchev–Trinajstić information content (AvgIpc) is 2.67. The van der Waals surface area contributed by atoms with Gasteiger partial charge in [-0.15, -0.1) is 0 Å². The van der Waals surface area contributed by atoms with Crippen LogP contribution in [0.3, 0.4) is 0 Å². The minimum absolute atomic E-state index is 0.325. The van der Waals surface area contributed by atoms with Gasteiger partial charge in [-0.3, -0.25) is 4.98 Å². The number of aromatic nitrogens is 3. The molecule has 6 heteroatoms. The minimum Gasteiger partial charge on any atom is -0.306 e. The topological polar surface area (TPSA) is 41.9 Å². The summed E-state index contributed by atoms with van der Waals surface area (Å²) in [6.07, 6.45) is 3.36. The molecular formula is C20H14ClFN4. The van der Waals surface area contributed by atoms with E-state index in [9.17, 15) is 4.39 Å². The van der Waals surface area contributed by atoms with Gasteiger partial charge in [0.15, 0.2) is 0 Å². The van der Waals surface area contributed by atoms with Crippen molar-refractivity contribution in [1.82, 2.24) is 15.0 Å². The molecule has 128 valence electrons. The molecule has 0 N–H and O–H groups in total. The summed E-state index contributed by atoms with van der Waals surface area (Å²) in [5.74, 6) is 0.130. The highest BCUT2D eigenvalue weighted by Gasteiger charge is 2.16. The van der Waals surface area contributed by atoms with Gasteiger partial charge in [0.05, 0.1) is 18.3 Å². The molecule has 0 bridgehead atoms. The molecule has 0 amide bonds. The van der Waals surface area contributed by atoms with E-state index in [1.54, 1.807) is 18.5 Å². The van der Waals surface area contributed by atoms with Crippen LogP contribution in [0.1, 0.15) is 5.56 Å². The Labute approximate surface area is 154 Å². The zero-order chi connectivity index (χ0) is 17.9. The molecule has 0 aliphatic heterocycles. The van der Waals surface area contributed by atoms with Crippen LogP contribution < -0.4 is 4.90 Å². The van der Waals surface area contributed by atoms with Crippen LogP contribution in [0.5, 0.6) is 0 Å². The molecule has 0 spiro atoms. The number of benzene rings is 2. The van der Waals surface area contributed by atoms with Crippen molar-refractivity contribution in [1.29, 1.82) is 0 Å². The molecule has 2 aromatic carbocycles. The van der Waals surface area contributed by atoms with Crippen LogP contribution in [0.25, 0.3) is 11.0 Å². The molecule has 0 saturated heterocycles. The lowest BCUT2D eigenvalue weighted by molar-refractivity contribution is 0.627. The van der Waals surface area contributed by atoms with E-state index in [1.807, 2.05) is 47.4 Å². The summed E-state index contributed by atoms with van der Waals surface area (Å²) < 4.78 is 13.8. The predicted octanol–water partition coefficient (Wildman–Crippen LogP) is 5.16. The second-order valence-electron chi connectivity index (χ2n) is 5.74. The number of anilines is 2. The lowest BCUT2D eigenvalue weighted by Crippen LogP contribution is -2.19. The highest BCUT2D eigenvalue weighted by Crippen LogP contribution is 2.28. The minimum atomic E-state index is -0.325. The highest BCUT2D eigenvalue weighted by molar-refractivity contribution is 6.31. The monoisotopic (exact) mass is 364 g/mol. The van der Waals surface area contributed by atoms with Crippen LogP contribution in [0.4, 0.5) is 16.0 Å². The molecule has 4 nitrogen and oxygen atoms in total. The molecular weight excluding hydrogens is 351 g/mol. The third-order valence-corrected chi connectivity index (χ3v) is 4.36. The smallest absolute Gasteiger partial charge is 0.230 e. The third-order valence-electron chi connectivity index (χ3n) is 3.99. The summed E-state index contributed by atoms with van der Waals surface area (Å²) in [7, 11) is 0. The van der Waals surface area contributed by atoms with Gasteiger partial charge in [-0.25, -0.2) is 14.4 Å². The van der Waals surface area contributed by atoms with Crippen LogP contribution in [-0.2, 0) is 6.54 Å². The predicted molar refractivity (Wildman–Crippen MR) is 101 cm³/mol. The summed E-state index contributed by atoms with van der Waals surface area (Å²) in [4.78, 5) is 15.1. The van der Waals surface area contributed by atoms with Gasteiger partial charge >= 0.3 is 0 Å². The zero-order valence-corrected chi connectivity index (χ0v) is 14.4. The van der Waals surface area contributed by atoms with Gasteiger partial charge in [-0.1, -0.05) is 35.9 Å². The molecule has 0 aliphatic rings. The Hall–Kier alpha value is -3.05. The van der Waals surface area contributed by atoms with Gasteiger partial charge in [-0.05, 0) is 42.0 Å². The van der Waals surface area contributed by atoms with Gasteiger partial charge in [0, 0.05) is 16.9 Å². The maximum absolute atomic E-state index is 13.8. The Balaban J connectivity index is 1.82. The number of hydrogen-bond acceptors (Lipinski definition) is 4. The van der Waals surface area contributed by atoms with Crippen LogP contribution in [0.2, 0.25) is 5.02 Å². The highest BCUT2D eigenvalue weighted by atomic mass is 35.5. The SMILES string of the molecule is Fc1cccc(N(Cc2ccccc2Cl)c2ncc3ncccc3n2)c1. The Morgan fingerprint density at radius 3 is 2.65 bits per heavy atom. The van der Waals surface area contributed by atoms with Crippen molar-refractivity contribution in [2.75, 3.05) is 4.90 Å². The fourth-order valence-electron chi connectivity index (χ4n) is 2.71. The lowest BCUT2D eigenvalue weighted by atomic mass is 10.2. The number of pyridine rings is 1. The zero-order valence-electron chi connectivity index (χ0n) is 13.7. The van der Waals surface area contributed by atoms with Crippen LogP contribution in [0.15, 0.2) is 73.1 Å². The number of nitrogens with zero attached hydrogens (tertiary/aromatic N) is 4. The van der Waals surface area contributed by atoms with Crippen molar-refractivity contribution in [2.45, 2.75) is 6.54 Å². The molecule has 0 atom stereocenters. The number of hydrogen-bond donors (Lipinski definition) is 0. The second kappa shape index (κ2) is 7.06. The van der Waals surface area contributed by atoms with Crippen molar-refractivity contribution in [3.05, 3.63) is 89.5 Å². The van der Waals surface area contributed by atoms with E-state index in [4.69, 9.17) is 11.6 Å². The molecule has 2 heterocycles. The Kier molecular flexibility index (Phi) is 4.46. The lowest BCUT2D eigenvalue weighted by Gasteiger charge is -2.23.